The minimum atomic E-state index is -5.37. The second-order valence-corrected chi connectivity index (χ2v) is 23.2. The van der Waals surface area contributed by atoms with Crippen LogP contribution in [0, 0.1) is 0 Å². The van der Waals surface area contributed by atoms with Gasteiger partial charge in [0.05, 0.1) is 55.0 Å². The zero-order chi connectivity index (χ0) is 55.5. The van der Waals surface area contributed by atoms with Crippen molar-refractivity contribution in [1.82, 2.24) is 15.0 Å². The van der Waals surface area contributed by atoms with Crippen LogP contribution < -0.4 is 16.3 Å². The fourth-order valence-electron chi connectivity index (χ4n) is 6.72. The van der Waals surface area contributed by atoms with Crippen LogP contribution in [0.3, 0.4) is 0 Å². The molecule has 0 radical (unpaired) electrons. The summed E-state index contributed by atoms with van der Waals surface area (Å²) in [5.74, 6) is -4.41. The molecule has 0 bridgehead atoms. The molecule has 75 heavy (non-hydrogen) atoms. The van der Waals surface area contributed by atoms with E-state index in [9.17, 15) is 102 Å². The lowest BCUT2D eigenvalue weighted by Gasteiger charge is -2.12. The number of benzene rings is 6. The van der Waals surface area contributed by atoms with Gasteiger partial charge in [-0.3, -0.25) is 32.3 Å². The maximum absolute atomic E-state index is 12.6. The number of hydrogen-bond acceptors (Lipinski definition) is 23. The highest BCUT2D eigenvalue weighted by Crippen LogP contribution is 2.38. The number of azo groups is 2. The van der Waals surface area contributed by atoms with Crippen molar-refractivity contribution in [2.75, 3.05) is 10.6 Å². The van der Waals surface area contributed by atoms with Crippen molar-refractivity contribution in [2.45, 2.75) is 29.4 Å². The second kappa shape index (κ2) is 19.3. The molecule has 0 amide bonds. The SMILES string of the molecule is O=C(O)c1cc(N=Nc2cc(S(=O)(=O)O)c3cc(S(=O)(=O)O)cc(S(=O)(=O)O)c3c2)ccc1Nc1nc(Nc2ccc(N=Nc3cc(S(=O)(=O)O)c4cc(S(=O)(=O)O)cc(S(=O)(=O)O)c4c3)cc2C(=O)O)[nH]c(=O)n1. The van der Waals surface area contributed by atoms with Gasteiger partial charge in [0.25, 0.3) is 60.7 Å². The fraction of sp³-hybridized carbons (Fsp3) is 0. The van der Waals surface area contributed by atoms with Gasteiger partial charge in [-0.1, -0.05) is 0 Å². The van der Waals surface area contributed by atoms with Gasteiger partial charge >= 0.3 is 17.6 Å². The zero-order valence-corrected chi connectivity index (χ0v) is 40.8. The van der Waals surface area contributed by atoms with E-state index in [1.807, 2.05) is 0 Å². The Morgan fingerprint density at radius 3 is 1.13 bits per heavy atom. The van der Waals surface area contributed by atoms with E-state index in [2.05, 4.69) is 46.0 Å². The second-order valence-electron chi connectivity index (χ2n) is 14.8. The van der Waals surface area contributed by atoms with Crippen LogP contribution in [0.4, 0.5) is 46.0 Å². The molecule has 0 saturated carbocycles. The Kier molecular flexibility index (Phi) is 14.0. The standard InChI is InChI=1S/C37H25N9O23S6/c47-33(48)25-5-15(43-45-17-7-21-23(29(9-17)72(58,59)60)11-19(70(52,53)54)13-31(21)74(64,65)66)1-3-27(25)38-35-40-36(42-37(51)41-35)39-28-4-2-16(6-26(28)34(49)50)44-46-18-8-22-24(30(10-18)73(61,62)63)12-20(71(55,56)57)14-32(22)75(67,68)69/h1-14H,(H,47,48)(H,49,50)(H,52,53,54)(H,55,56,57)(H,58,59,60)(H,61,62,63)(H,64,65,66)(H,67,68,69)(H3,38,39,40,41,42,51). The summed E-state index contributed by atoms with van der Waals surface area (Å²) in [6.45, 7) is 0. The molecule has 1 aromatic heterocycles. The molecule has 0 unspecified atom stereocenters. The third-order valence-electron chi connectivity index (χ3n) is 9.79. The van der Waals surface area contributed by atoms with Crippen molar-refractivity contribution in [3.05, 3.63) is 107 Å². The van der Waals surface area contributed by atoms with E-state index < -0.39 is 164 Å². The van der Waals surface area contributed by atoms with E-state index in [1.165, 1.54) is 0 Å². The molecule has 7 aromatic rings. The van der Waals surface area contributed by atoms with Crippen LogP contribution in [0.2, 0.25) is 0 Å². The predicted octanol–water partition coefficient (Wildman–Crippen LogP) is 4.67. The summed E-state index contributed by atoms with van der Waals surface area (Å²) in [6, 6.07) is 10.4. The molecule has 38 heteroatoms. The first-order valence-electron chi connectivity index (χ1n) is 19.2. The number of carboxylic acids is 2. The Morgan fingerprint density at radius 1 is 0.427 bits per heavy atom. The number of carbonyl (C=O) groups is 2. The number of hydrogen-bond donors (Lipinski definition) is 11. The lowest BCUT2D eigenvalue weighted by molar-refractivity contribution is 0.0687. The van der Waals surface area contributed by atoms with Crippen molar-refractivity contribution >= 4 is 140 Å². The number of carboxylic acid groups (broad SMARTS) is 2. The summed E-state index contributed by atoms with van der Waals surface area (Å²) in [4.78, 5) is 40.0. The highest BCUT2D eigenvalue weighted by molar-refractivity contribution is 7.88. The predicted molar refractivity (Wildman–Crippen MR) is 251 cm³/mol. The number of H-pyrrole nitrogens is 1. The summed E-state index contributed by atoms with van der Waals surface area (Å²) in [7, 11) is -31.9. The number of aromatic carboxylic acids is 2. The van der Waals surface area contributed by atoms with Crippen LogP contribution >= 0.6 is 0 Å². The number of anilines is 4. The van der Waals surface area contributed by atoms with Gasteiger partial charge in [0.15, 0.2) is 0 Å². The summed E-state index contributed by atoms with van der Waals surface area (Å²) >= 11 is 0. The van der Waals surface area contributed by atoms with Crippen molar-refractivity contribution in [1.29, 1.82) is 0 Å². The van der Waals surface area contributed by atoms with E-state index in [1.54, 1.807) is 0 Å². The topological polar surface area (TPSA) is 533 Å². The molecule has 11 N–H and O–H groups in total. The minimum Gasteiger partial charge on any atom is -0.478 e. The molecular formula is C37H25N9O23S6. The molecular weight excluding hydrogens is 1130 g/mol. The lowest BCUT2D eigenvalue weighted by atomic mass is 10.1. The molecule has 392 valence electrons. The fourth-order valence-corrected chi connectivity index (χ4v) is 10.8. The number of fused-ring (bicyclic) bond motifs is 2. The van der Waals surface area contributed by atoms with Crippen LogP contribution in [-0.2, 0) is 60.7 Å². The van der Waals surface area contributed by atoms with E-state index in [-0.39, 0.29) is 28.8 Å². The molecule has 32 nitrogen and oxygen atoms in total. The van der Waals surface area contributed by atoms with Gasteiger partial charge in [-0.25, -0.2) is 14.4 Å². The number of nitrogens with zero attached hydrogens (tertiary/aromatic N) is 6. The highest BCUT2D eigenvalue weighted by Gasteiger charge is 2.28. The van der Waals surface area contributed by atoms with Crippen molar-refractivity contribution in [3.63, 3.8) is 0 Å². The number of aromatic amines is 1. The van der Waals surface area contributed by atoms with Crippen LogP contribution in [0.15, 0.2) is 140 Å². The third kappa shape index (κ3) is 12.3. The Bertz CT molecular complexity index is 4230. The van der Waals surface area contributed by atoms with E-state index in [0.717, 1.165) is 48.5 Å². The van der Waals surface area contributed by atoms with Gasteiger partial charge in [-0.05, 0) is 84.9 Å². The summed E-state index contributed by atoms with van der Waals surface area (Å²) in [5, 5.41) is 37.1. The lowest BCUT2D eigenvalue weighted by Crippen LogP contribution is -2.17. The molecule has 6 aromatic carbocycles. The Morgan fingerprint density at radius 2 is 0.773 bits per heavy atom. The van der Waals surface area contributed by atoms with E-state index in [4.69, 9.17) is 0 Å². The first kappa shape index (κ1) is 54.6. The monoisotopic (exact) mass is 1150 g/mol. The number of rotatable bonds is 16. The van der Waals surface area contributed by atoms with Gasteiger partial charge in [-0.15, -0.1) is 0 Å². The summed E-state index contributed by atoms with van der Waals surface area (Å²) in [5.41, 5.74) is -4.72. The molecule has 0 spiro atoms. The number of nitrogens with one attached hydrogen (secondary N) is 3. The van der Waals surface area contributed by atoms with Crippen LogP contribution in [0.1, 0.15) is 20.7 Å². The van der Waals surface area contributed by atoms with Gasteiger partial charge in [-0.2, -0.15) is 80.9 Å². The van der Waals surface area contributed by atoms with Crippen molar-refractivity contribution in [3.8, 4) is 0 Å². The van der Waals surface area contributed by atoms with Gasteiger partial charge in [0.2, 0.25) is 11.9 Å². The van der Waals surface area contributed by atoms with E-state index in [0.29, 0.717) is 30.3 Å². The maximum atomic E-state index is 12.6. The van der Waals surface area contributed by atoms with Crippen LogP contribution in [0.25, 0.3) is 21.5 Å². The molecule has 0 aliphatic heterocycles. The van der Waals surface area contributed by atoms with Gasteiger partial charge < -0.3 is 20.8 Å². The normalized spacial score (nSPS) is 12.9. The summed E-state index contributed by atoms with van der Waals surface area (Å²) in [6.07, 6.45) is 0. The minimum absolute atomic E-state index is 0.289. The molecule has 0 fully saturated rings. The van der Waals surface area contributed by atoms with Crippen LogP contribution in [0.5, 0.6) is 0 Å². The van der Waals surface area contributed by atoms with Crippen molar-refractivity contribution in [2.24, 2.45) is 20.5 Å². The largest absolute Gasteiger partial charge is 0.478 e. The average Bonchev–Trinajstić information content (AvgIpc) is 3.27. The Hall–Kier alpha value is -8.15. The third-order valence-corrected chi connectivity index (χ3v) is 15.0. The maximum Gasteiger partial charge on any atom is 0.351 e. The smallest absolute Gasteiger partial charge is 0.351 e. The molecule has 0 saturated heterocycles. The van der Waals surface area contributed by atoms with Gasteiger partial charge in [0.1, 0.15) is 19.6 Å². The molecule has 0 aliphatic carbocycles. The quantitative estimate of drug-likeness (QED) is 0.0462. The Labute approximate surface area is 417 Å². The molecule has 1 heterocycles. The molecule has 0 atom stereocenters. The van der Waals surface area contributed by atoms with Crippen molar-refractivity contribution < 1.29 is 97.6 Å². The Balaban J connectivity index is 1.18. The van der Waals surface area contributed by atoms with E-state index >= 15 is 0 Å². The summed E-state index contributed by atoms with van der Waals surface area (Å²) < 4.78 is 204. The highest BCUT2D eigenvalue weighted by atomic mass is 32.2. The number of aromatic nitrogens is 3. The first-order chi connectivity index (χ1) is 34.5. The molecule has 7 rings (SSSR count). The van der Waals surface area contributed by atoms with Crippen LogP contribution in [-0.4, -0.2) is 115 Å². The first-order valence-corrected chi connectivity index (χ1v) is 27.8. The van der Waals surface area contributed by atoms with Gasteiger partial charge in [0, 0.05) is 21.5 Å². The zero-order valence-electron chi connectivity index (χ0n) is 35.9. The molecule has 0 aliphatic rings. The average molecular weight is 1160 g/mol.